The molecule has 3 aromatic rings. The number of aromatic nitrogens is 2. The lowest BCUT2D eigenvalue weighted by molar-refractivity contribution is -0.0340. The minimum Gasteiger partial charge on any atom is -0.445 e. The summed E-state index contributed by atoms with van der Waals surface area (Å²) in [5, 5.41) is 4.28. The van der Waals surface area contributed by atoms with E-state index in [1.54, 1.807) is 0 Å². The van der Waals surface area contributed by atoms with Gasteiger partial charge in [-0.25, -0.2) is 9.78 Å². The molecule has 7 rings (SSSR count). The van der Waals surface area contributed by atoms with Crippen molar-refractivity contribution in [3.05, 3.63) is 53.9 Å². The zero-order valence-corrected chi connectivity index (χ0v) is 17.6. The van der Waals surface area contributed by atoms with Crippen LogP contribution in [0.2, 0.25) is 0 Å². The summed E-state index contributed by atoms with van der Waals surface area (Å²) in [4.78, 5) is 22.8. The number of alkyl carbamates (subject to hydrolysis) is 1. The lowest BCUT2D eigenvalue weighted by Gasteiger charge is -2.44. The number of hydrogen-bond donors (Lipinski definition) is 2. The van der Waals surface area contributed by atoms with Crippen molar-refractivity contribution in [1.82, 2.24) is 20.2 Å². The van der Waals surface area contributed by atoms with Crippen molar-refractivity contribution in [3.8, 4) is 11.1 Å². The molecule has 0 spiro atoms. The van der Waals surface area contributed by atoms with Gasteiger partial charge in [0, 0.05) is 29.9 Å². The predicted molar refractivity (Wildman–Crippen MR) is 120 cm³/mol. The van der Waals surface area contributed by atoms with Crippen molar-refractivity contribution in [3.63, 3.8) is 0 Å². The van der Waals surface area contributed by atoms with Gasteiger partial charge in [-0.3, -0.25) is 4.90 Å². The molecule has 2 bridgehead atoms. The van der Waals surface area contributed by atoms with Crippen LogP contribution in [-0.2, 0) is 11.2 Å². The fourth-order valence-corrected chi connectivity index (χ4v) is 5.60. The van der Waals surface area contributed by atoms with Crippen LogP contribution in [0.15, 0.2) is 42.7 Å². The molecule has 5 heterocycles. The van der Waals surface area contributed by atoms with Crippen LogP contribution >= 0.6 is 0 Å². The van der Waals surface area contributed by atoms with E-state index in [1.165, 1.54) is 16.7 Å². The van der Waals surface area contributed by atoms with Gasteiger partial charge >= 0.3 is 6.09 Å². The molecular weight excluding hydrogens is 388 g/mol. The number of benzene rings is 1. The monoisotopic (exact) mass is 416 g/mol. The van der Waals surface area contributed by atoms with Gasteiger partial charge in [0.05, 0.1) is 6.04 Å². The standard InChI is InChI=1S/C25H28N4O2/c30-25(31-23-15-29-10-7-16(23)8-11-29)28-22-3-1-2-18-12-17(4-5-21(18)22)20-13-19-6-9-26-24(19)27-14-20/h4-6,9,12-14,16,22-23H,1-3,7-8,10-11,15H2,(H,26,27)(H,28,30)/t22?,23-/m1/s1. The van der Waals surface area contributed by atoms with Gasteiger partial charge in [0.1, 0.15) is 11.8 Å². The number of hydrogen-bond acceptors (Lipinski definition) is 4. The van der Waals surface area contributed by atoms with Gasteiger partial charge in [0.25, 0.3) is 0 Å². The molecule has 6 heteroatoms. The quantitative estimate of drug-likeness (QED) is 0.663. The van der Waals surface area contributed by atoms with Crippen LogP contribution in [0.1, 0.15) is 42.9 Å². The number of fused-ring (bicyclic) bond motifs is 5. The minimum absolute atomic E-state index is 0.0247. The maximum atomic E-state index is 12.7. The molecule has 6 nitrogen and oxygen atoms in total. The molecule has 2 aromatic heterocycles. The normalized spacial score (nSPS) is 27.1. The van der Waals surface area contributed by atoms with Gasteiger partial charge in [-0.05, 0) is 79.9 Å². The summed E-state index contributed by atoms with van der Waals surface area (Å²) in [6.45, 7) is 3.19. The highest BCUT2D eigenvalue weighted by Gasteiger charge is 2.37. The van der Waals surface area contributed by atoms with Gasteiger partial charge in [-0.15, -0.1) is 0 Å². The van der Waals surface area contributed by atoms with E-state index in [4.69, 9.17) is 4.74 Å². The highest BCUT2D eigenvalue weighted by molar-refractivity contribution is 5.81. The summed E-state index contributed by atoms with van der Waals surface area (Å²) in [7, 11) is 0. The maximum absolute atomic E-state index is 12.7. The maximum Gasteiger partial charge on any atom is 0.407 e. The van der Waals surface area contributed by atoms with Gasteiger partial charge in [-0.2, -0.15) is 0 Å². The number of ether oxygens (including phenoxy) is 1. The second-order valence-electron chi connectivity index (χ2n) is 9.22. The molecule has 160 valence electrons. The molecule has 3 aliphatic heterocycles. The van der Waals surface area contributed by atoms with E-state index in [-0.39, 0.29) is 18.2 Å². The van der Waals surface area contributed by atoms with Gasteiger partial charge in [0.2, 0.25) is 0 Å². The molecule has 3 fully saturated rings. The summed E-state index contributed by atoms with van der Waals surface area (Å²) in [6, 6.07) is 10.8. The number of carbonyl (C=O) groups excluding carboxylic acids is 1. The smallest absolute Gasteiger partial charge is 0.407 e. The second kappa shape index (κ2) is 7.68. The zero-order chi connectivity index (χ0) is 20.8. The van der Waals surface area contributed by atoms with Crippen LogP contribution in [0.3, 0.4) is 0 Å². The molecule has 0 radical (unpaired) electrons. The number of nitrogens with zero attached hydrogens (tertiary/aromatic N) is 2. The molecular formula is C25H28N4O2. The lowest BCUT2D eigenvalue weighted by Crippen LogP contribution is -2.52. The second-order valence-corrected chi connectivity index (χ2v) is 9.22. The Morgan fingerprint density at radius 3 is 2.87 bits per heavy atom. The van der Waals surface area contributed by atoms with Crippen molar-refractivity contribution in [1.29, 1.82) is 0 Å². The topological polar surface area (TPSA) is 70.2 Å². The number of pyridine rings is 1. The summed E-state index contributed by atoms with van der Waals surface area (Å²) in [6.07, 6.45) is 8.98. The molecule has 0 saturated carbocycles. The number of rotatable bonds is 3. The van der Waals surface area contributed by atoms with E-state index in [1.807, 2.05) is 18.5 Å². The molecule has 1 amide bonds. The summed E-state index contributed by atoms with van der Waals surface area (Å²) < 4.78 is 5.87. The number of aromatic amines is 1. The van der Waals surface area contributed by atoms with Crippen LogP contribution in [0.4, 0.5) is 4.79 Å². The van der Waals surface area contributed by atoms with Crippen molar-refractivity contribution >= 4 is 17.1 Å². The number of nitrogens with one attached hydrogen (secondary N) is 2. The Labute approximate surface area is 182 Å². The van der Waals surface area contributed by atoms with Gasteiger partial charge in [-0.1, -0.05) is 18.2 Å². The van der Waals surface area contributed by atoms with Crippen LogP contribution in [0.5, 0.6) is 0 Å². The number of amides is 1. The Kier molecular flexibility index (Phi) is 4.68. The highest BCUT2D eigenvalue weighted by Crippen LogP contribution is 2.34. The fraction of sp³-hybridized carbons (Fsp3) is 0.440. The molecule has 1 aliphatic carbocycles. The molecule has 3 saturated heterocycles. The molecule has 1 aromatic carbocycles. The van der Waals surface area contributed by atoms with Crippen molar-refractivity contribution < 1.29 is 9.53 Å². The first-order valence-corrected chi connectivity index (χ1v) is 11.5. The molecule has 1 unspecified atom stereocenters. The average Bonchev–Trinajstić information content (AvgIpc) is 3.28. The van der Waals surface area contributed by atoms with E-state index < -0.39 is 0 Å². The molecule has 4 aliphatic rings. The third kappa shape index (κ3) is 3.59. The van der Waals surface area contributed by atoms with Gasteiger partial charge < -0.3 is 15.0 Å². The van der Waals surface area contributed by atoms with Crippen LogP contribution in [-0.4, -0.2) is 46.7 Å². The van der Waals surface area contributed by atoms with Crippen LogP contribution in [0.25, 0.3) is 22.2 Å². The number of carbonyl (C=O) groups is 1. The molecule has 2 N–H and O–H groups in total. The Bertz CT molecular complexity index is 1120. The summed E-state index contributed by atoms with van der Waals surface area (Å²) in [5.41, 5.74) is 5.73. The van der Waals surface area contributed by atoms with E-state index >= 15 is 0 Å². The minimum atomic E-state index is -0.261. The Morgan fingerprint density at radius 2 is 2.03 bits per heavy atom. The highest BCUT2D eigenvalue weighted by atomic mass is 16.6. The van der Waals surface area contributed by atoms with Crippen molar-refractivity contribution in [2.24, 2.45) is 5.92 Å². The number of piperidine rings is 3. The van der Waals surface area contributed by atoms with E-state index in [2.05, 4.69) is 44.5 Å². The fourth-order valence-electron chi connectivity index (χ4n) is 5.60. The predicted octanol–water partition coefficient (Wildman–Crippen LogP) is 4.43. The van der Waals surface area contributed by atoms with Crippen LogP contribution in [0, 0.1) is 5.92 Å². The van der Waals surface area contributed by atoms with E-state index in [0.29, 0.717) is 5.92 Å². The zero-order valence-electron chi connectivity index (χ0n) is 17.6. The molecule has 31 heavy (non-hydrogen) atoms. The van der Waals surface area contributed by atoms with E-state index in [9.17, 15) is 4.79 Å². The lowest BCUT2D eigenvalue weighted by atomic mass is 9.85. The first-order valence-electron chi connectivity index (χ1n) is 11.5. The largest absolute Gasteiger partial charge is 0.445 e. The summed E-state index contributed by atoms with van der Waals surface area (Å²) >= 11 is 0. The summed E-state index contributed by atoms with van der Waals surface area (Å²) in [5.74, 6) is 0.530. The molecule has 2 atom stereocenters. The van der Waals surface area contributed by atoms with Gasteiger partial charge in [0.15, 0.2) is 0 Å². The van der Waals surface area contributed by atoms with Crippen molar-refractivity contribution in [2.45, 2.75) is 44.2 Å². The number of aryl methyl sites for hydroxylation is 1. The third-order valence-electron chi connectivity index (χ3n) is 7.34. The Hall–Kier alpha value is -2.86. The average molecular weight is 417 g/mol. The van der Waals surface area contributed by atoms with Crippen molar-refractivity contribution in [2.75, 3.05) is 19.6 Å². The Balaban J connectivity index is 1.18. The first kappa shape index (κ1) is 18.9. The van der Waals surface area contributed by atoms with Crippen LogP contribution < -0.4 is 5.32 Å². The van der Waals surface area contributed by atoms with E-state index in [0.717, 1.165) is 68.3 Å². The number of H-pyrrole nitrogens is 1. The Morgan fingerprint density at radius 1 is 1.13 bits per heavy atom. The first-order chi connectivity index (χ1) is 15.2. The SMILES string of the molecule is O=C(NC1CCCc2cc(-c3cnc4[nH]ccc4c3)ccc21)O[C@@H]1CN2CCC1CC2. The third-order valence-corrected chi connectivity index (χ3v) is 7.34.